The molecule has 0 amide bonds. The summed E-state index contributed by atoms with van der Waals surface area (Å²) in [6, 6.07) is 18.7. The van der Waals surface area contributed by atoms with Crippen LogP contribution < -0.4 is 0 Å². The summed E-state index contributed by atoms with van der Waals surface area (Å²) in [7, 11) is 0. The second-order valence-corrected chi connectivity index (χ2v) is 12.6. The molecule has 0 aliphatic carbocycles. The highest BCUT2D eigenvalue weighted by atomic mass is 16.6. The lowest BCUT2D eigenvalue weighted by molar-refractivity contribution is -0.159. The maximum absolute atomic E-state index is 12.3. The second-order valence-electron chi connectivity index (χ2n) is 12.6. The third-order valence-corrected chi connectivity index (χ3v) is 6.68. The van der Waals surface area contributed by atoms with E-state index in [-0.39, 0.29) is 56.9 Å². The zero-order valence-corrected chi connectivity index (χ0v) is 28.2. The number of hydrogen-bond acceptors (Lipinski definition) is 9. The molecule has 2 rings (SSSR count). The minimum absolute atomic E-state index is 0.0323. The van der Waals surface area contributed by atoms with Gasteiger partial charge < -0.3 is 24.1 Å². The van der Waals surface area contributed by atoms with E-state index in [9.17, 15) is 24.0 Å². The summed E-state index contributed by atoms with van der Waals surface area (Å²) in [5.41, 5.74) is 1.25. The van der Waals surface area contributed by atoms with Crippen molar-refractivity contribution in [3.63, 3.8) is 0 Å². The van der Waals surface area contributed by atoms with Crippen molar-refractivity contribution in [1.29, 1.82) is 0 Å². The van der Waals surface area contributed by atoms with Crippen molar-refractivity contribution in [2.45, 2.75) is 93.0 Å². The Hall–Kier alpha value is -4.21. The number of hydrogen-bond donors (Lipinski definition) is 1. The van der Waals surface area contributed by atoms with Gasteiger partial charge in [0.25, 0.3) is 0 Å². The van der Waals surface area contributed by atoms with Gasteiger partial charge >= 0.3 is 29.8 Å². The Morgan fingerprint density at radius 3 is 1.48 bits per heavy atom. The Morgan fingerprint density at radius 1 is 0.652 bits per heavy atom. The number of carbonyl (C=O) groups excluding carboxylic acids is 4. The smallest absolute Gasteiger partial charge is 0.309 e. The molecule has 0 bridgehead atoms. The van der Waals surface area contributed by atoms with Gasteiger partial charge in [-0.25, -0.2) is 0 Å². The molecular formula is C36H50O10. The lowest BCUT2D eigenvalue weighted by Gasteiger charge is -2.20. The van der Waals surface area contributed by atoms with Gasteiger partial charge in [0.15, 0.2) is 0 Å². The first-order valence-electron chi connectivity index (χ1n) is 15.6. The number of carboxylic acids is 1. The lowest BCUT2D eigenvalue weighted by Crippen LogP contribution is -2.27. The number of esters is 4. The largest absolute Gasteiger partial charge is 0.481 e. The molecule has 0 fully saturated rings. The monoisotopic (exact) mass is 642 g/mol. The van der Waals surface area contributed by atoms with Crippen LogP contribution in [0.2, 0.25) is 0 Å². The van der Waals surface area contributed by atoms with Crippen LogP contribution in [0.25, 0.3) is 0 Å². The molecule has 0 spiro atoms. The standard InChI is InChI=1S/C22H32O6.C14H18O4/c1-16(2)18(14-20(24)27-15-17-10-7-6-8-11-17)21(25)26-13-9-12-19(23)28-22(3,4)5;1-10(2)12(14(16)17)8-13(15)18-9-11-6-4-3-5-7-11/h6-8,10-11,16,18H,9,12-15H2,1-5H3;3-7,10,12H,8-9H2,1-2H3,(H,16,17)/t18-;12-/m00/s1. The normalized spacial score (nSPS) is 12.3. The minimum Gasteiger partial charge on any atom is -0.481 e. The number of aliphatic carboxylic acids is 1. The molecule has 0 heterocycles. The van der Waals surface area contributed by atoms with E-state index in [2.05, 4.69) is 0 Å². The molecule has 0 saturated heterocycles. The second kappa shape index (κ2) is 20.7. The van der Waals surface area contributed by atoms with E-state index in [1.807, 2.05) is 74.5 Å². The maximum atomic E-state index is 12.3. The van der Waals surface area contributed by atoms with Gasteiger partial charge in [0.05, 0.1) is 31.3 Å². The quantitative estimate of drug-likeness (QED) is 0.122. The van der Waals surface area contributed by atoms with Gasteiger partial charge in [-0.1, -0.05) is 88.4 Å². The van der Waals surface area contributed by atoms with E-state index in [0.717, 1.165) is 11.1 Å². The Kier molecular flexibility index (Phi) is 18.0. The van der Waals surface area contributed by atoms with Gasteiger partial charge in [-0.15, -0.1) is 0 Å². The van der Waals surface area contributed by atoms with Crippen molar-refractivity contribution in [2.24, 2.45) is 23.7 Å². The number of rotatable bonds is 16. The van der Waals surface area contributed by atoms with Crippen LogP contribution in [0.3, 0.4) is 0 Å². The summed E-state index contributed by atoms with van der Waals surface area (Å²) < 4.78 is 20.8. The molecular weight excluding hydrogens is 592 g/mol. The molecule has 46 heavy (non-hydrogen) atoms. The number of benzene rings is 2. The van der Waals surface area contributed by atoms with E-state index < -0.39 is 41.3 Å². The van der Waals surface area contributed by atoms with Crippen LogP contribution in [0, 0.1) is 23.7 Å². The third kappa shape index (κ3) is 17.9. The van der Waals surface area contributed by atoms with Gasteiger partial charge in [0.1, 0.15) is 18.8 Å². The Balaban J connectivity index is 0.000000506. The first-order valence-corrected chi connectivity index (χ1v) is 15.6. The van der Waals surface area contributed by atoms with Gasteiger partial charge in [-0.2, -0.15) is 0 Å². The van der Waals surface area contributed by atoms with Crippen molar-refractivity contribution in [2.75, 3.05) is 6.61 Å². The van der Waals surface area contributed by atoms with Crippen LogP contribution >= 0.6 is 0 Å². The van der Waals surface area contributed by atoms with Crippen molar-refractivity contribution in [1.82, 2.24) is 0 Å². The molecule has 0 aliphatic heterocycles. The topological polar surface area (TPSA) is 143 Å². The van der Waals surface area contributed by atoms with Gasteiger partial charge in [-0.05, 0) is 50.2 Å². The highest BCUT2D eigenvalue weighted by Crippen LogP contribution is 2.19. The summed E-state index contributed by atoms with van der Waals surface area (Å²) in [5, 5.41) is 8.97. The third-order valence-electron chi connectivity index (χ3n) is 6.68. The van der Waals surface area contributed by atoms with Crippen LogP contribution in [0.5, 0.6) is 0 Å². The van der Waals surface area contributed by atoms with E-state index in [1.165, 1.54) is 0 Å². The molecule has 0 aliphatic rings. The van der Waals surface area contributed by atoms with Crippen LogP contribution in [-0.2, 0) is 56.1 Å². The van der Waals surface area contributed by atoms with Gasteiger partial charge in [0.2, 0.25) is 0 Å². The molecule has 10 heteroatoms. The van der Waals surface area contributed by atoms with E-state index >= 15 is 0 Å². The molecule has 0 radical (unpaired) electrons. The lowest BCUT2D eigenvalue weighted by atomic mass is 9.93. The van der Waals surface area contributed by atoms with Crippen LogP contribution in [-0.4, -0.2) is 47.2 Å². The predicted octanol–water partition coefficient (Wildman–Crippen LogP) is 6.53. The molecule has 10 nitrogen and oxygen atoms in total. The van der Waals surface area contributed by atoms with Crippen molar-refractivity contribution < 1.29 is 48.0 Å². The zero-order chi connectivity index (χ0) is 34.7. The average Bonchev–Trinajstić information content (AvgIpc) is 2.98. The summed E-state index contributed by atoms with van der Waals surface area (Å²) in [6.07, 6.45) is 0.440. The fourth-order valence-electron chi connectivity index (χ4n) is 4.04. The molecule has 254 valence electrons. The number of carbonyl (C=O) groups is 5. The molecule has 0 aromatic heterocycles. The molecule has 0 unspecified atom stereocenters. The zero-order valence-electron chi connectivity index (χ0n) is 28.2. The Morgan fingerprint density at radius 2 is 1.09 bits per heavy atom. The molecule has 0 saturated carbocycles. The molecule has 2 atom stereocenters. The fraction of sp³-hybridized carbons (Fsp3) is 0.528. The van der Waals surface area contributed by atoms with Gasteiger partial charge in [-0.3, -0.25) is 24.0 Å². The summed E-state index contributed by atoms with van der Waals surface area (Å²) >= 11 is 0. The SMILES string of the molecule is CC(C)[C@H](CC(=O)OCc1ccccc1)C(=O)O.CC(C)[C@H](CC(=O)OCc1ccccc1)C(=O)OCCCC(=O)OC(C)(C)C. The number of carboxylic acid groups (broad SMARTS) is 1. The maximum Gasteiger partial charge on any atom is 0.309 e. The first-order chi connectivity index (χ1) is 21.6. The Labute approximate surface area is 272 Å². The van der Waals surface area contributed by atoms with E-state index in [4.69, 9.17) is 24.1 Å². The summed E-state index contributed by atoms with van der Waals surface area (Å²) in [6.45, 7) is 13.2. The van der Waals surface area contributed by atoms with Crippen LogP contribution in [0.15, 0.2) is 60.7 Å². The molecule has 1 N–H and O–H groups in total. The van der Waals surface area contributed by atoms with Crippen molar-refractivity contribution in [3.05, 3.63) is 71.8 Å². The first kappa shape index (κ1) is 39.8. The Bertz CT molecular complexity index is 1220. The predicted molar refractivity (Wildman–Crippen MR) is 172 cm³/mol. The highest BCUT2D eigenvalue weighted by Gasteiger charge is 2.28. The van der Waals surface area contributed by atoms with E-state index in [1.54, 1.807) is 34.6 Å². The number of ether oxygens (including phenoxy) is 4. The van der Waals surface area contributed by atoms with Crippen LogP contribution in [0.1, 0.15) is 85.3 Å². The average molecular weight is 643 g/mol. The summed E-state index contributed by atoms with van der Waals surface area (Å²) in [5.74, 6) is -4.06. The van der Waals surface area contributed by atoms with Crippen LogP contribution in [0.4, 0.5) is 0 Å². The summed E-state index contributed by atoms with van der Waals surface area (Å²) in [4.78, 5) is 58.6. The van der Waals surface area contributed by atoms with E-state index in [0.29, 0.717) is 6.42 Å². The fourth-order valence-corrected chi connectivity index (χ4v) is 4.04. The minimum atomic E-state index is -0.957. The molecule has 2 aromatic rings. The van der Waals surface area contributed by atoms with Crippen molar-refractivity contribution >= 4 is 29.8 Å². The van der Waals surface area contributed by atoms with Gasteiger partial charge in [0, 0.05) is 6.42 Å². The van der Waals surface area contributed by atoms with Crippen molar-refractivity contribution in [3.8, 4) is 0 Å². The molecule has 2 aromatic carbocycles. The highest BCUT2D eigenvalue weighted by molar-refractivity contribution is 5.80.